The Bertz CT molecular complexity index is 122. The lowest BCUT2D eigenvalue weighted by Gasteiger charge is -1.87. The Morgan fingerprint density at radius 1 is 1.62 bits per heavy atom. The van der Waals surface area contributed by atoms with Crippen LogP contribution in [0.2, 0.25) is 0 Å². The zero-order chi connectivity index (χ0) is 6.57. The van der Waals surface area contributed by atoms with E-state index in [2.05, 4.69) is 15.9 Å². The summed E-state index contributed by atoms with van der Waals surface area (Å²) in [4.78, 5) is 0. The highest BCUT2D eigenvalue weighted by molar-refractivity contribution is 9.11. The van der Waals surface area contributed by atoms with Crippen LogP contribution < -0.4 is 11.5 Å². The Morgan fingerprint density at radius 2 is 2.12 bits per heavy atom. The first-order valence-corrected chi connectivity index (χ1v) is 2.97. The Kier molecular flexibility index (Phi) is 3.35. The quantitative estimate of drug-likeness (QED) is 0.588. The predicted octanol–water partition coefficient (Wildman–Crippen LogP) is 1.04. The second-order valence-electron chi connectivity index (χ2n) is 1.44. The van der Waals surface area contributed by atoms with E-state index in [-0.39, 0.29) is 0 Å². The number of hydrogen-bond acceptors (Lipinski definition) is 2. The molecule has 0 amide bonds. The first-order chi connectivity index (χ1) is 3.66. The molecule has 0 unspecified atom stereocenters. The fourth-order valence-electron chi connectivity index (χ4n) is 0.266. The highest BCUT2D eigenvalue weighted by Crippen LogP contribution is 2.04. The van der Waals surface area contributed by atoms with E-state index in [1.807, 2.05) is 0 Å². The minimum atomic E-state index is 0.735. The Balaban J connectivity index is 3.89. The molecule has 0 spiro atoms. The molecule has 4 N–H and O–H groups in total. The van der Waals surface area contributed by atoms with Gasteiger partial charge in [0.1, 0.15) is 0 Å². The van der Waals surface area contributed by atoms with Crippen molar-refractivity contribution in [2.75, 3.05) is 0 Å². The van der Waals surface area contributed by atoms with E-state index in [0.717, 1.165) is 10.2 Å². The molecule has 0 aromatic rings. The molecule has 46 valence electrons. The van der Waals surface area contributed by atoms with E-state index in [1.54, 1.807) is 13.0 Å². The van der Waals surface area contributed by atoms with Crippen LogP contribution in [0.25, 0.3) is 0 Å². The molecule has 3 heteroatoms. The number of allylic oxidation sites excluding steroid dienone is 3. The number of halogens is 1. The molecule has 0 saturated heterocycles. The summed E-state index contributed by atoms with van der Waals surface area (Å²) in [5.41, 5.74) is 11.1. The van der Waals surface area contributed by atoms with Gasteiger partial charge >= 0.3 is 0 Å². The molecule has 0 saturated carbocycles. The average molecular weight is 177 g/mol. The van der Waals surface area contributed by atoms with E-state index >= 15 is 0 Å². The van der Waals surface area contributed by atoms with Gasteiger partial charge in [0.05, 0.1) is 0 Å². The zero-order valence-electron chi connectivity index (χ0n) is 4.69. The number of hydrogen-bond donors (Lipinski definition) is 2. The Hall–Kier alpha value is -0.440. The van der Waals surface area contributed by atoms with Gasteiger partial charge in [0, 0.05) is 16.4 Å². The van der Waals surface area contributed by atoms with E-state index in [1.165, 1.54) is 6.20 Å². The Labute approximate surface area is 57.4 Å². The fraction of sp³-hybridized carbons (Fsp3) is 0.200. The smallest absolute Gasteiger partial charge is 0.0346 e. The lowest BCUT2D eigenvalue weighted by atomic mass is 10.4. The van der Waals surface area contributed by atoms with Crippen molar-refractivity contribution in [1.29, 1.82) is 0 Å². The molecule has 0 rings (SSSR count). The van der Waals surface area contributed by atoms with Crippen LogP contribution in [0.5, 0.6) is 0 Å². The van der Waals surface area contributed by atoms with Crippen molar-refractivity contribution in [2.24, 2.45) is 11.5 Å². The number of nitrogens with two attached hydrogens (primary N) is 2. The van der Waals surface area contributed by atoms with E-state index in [9.17, 15) is 0 Å². The van der Waals surface area contributed by atoms with Crippen molar-refractivity contribution in [3.63, 3.8) is 0 Å². The largest absolute Gasteiger partial charge is 0.404 e. The topological polar surface area (TPSA) is 52.0 Å². The van der Waals surface area contributed by atoms with E-state index in [0.29, 0.717) is 0 Å². The maximum Gasteiger partial charge on any atom is 0.0346 e. The van der Waals surface area contributed by atoms with Crippen molar-refractivity contribution < 1.29 is 0 Å². The van der Waals surface area contributed by atoms with Gasteiger partial charge in [0.15, 0.2) is 0 Å². The van der Waals surface area contributed by atoms with Gasteiger partial charge in [0.2, 0.25) is 0 Å². The standard InChI is InChI=1S/C5H9BrN2/c1-4(8)2-5(6)3-7/h2-3H,7-8H2,1H3/b4-2-,5-3+. The van der Waals surface area contributed by atoms with Crippen molar-refractivity contribution in [3.05, 3.63) is 22.5 Å². The average Bonchev–Trinajstić information content (AvgIpc) is 1.65. The summed E-state index contributed by atoms with van der Waals surface area (Å²) < 4.78 is 0.803. The summed E-state index contributed by atoms with van der Waals surface area (Å²) in [6.45, 7) is 1.80. The van der Waals surface area contributed by atoms with E-state index in [4.69, 9.17) is 11.5 Å². The third-order valence-corrected chi connectivity index (χ3v) is 1.02. The van der Waals surface area contributed by atoms with Crippen LogP contribution in [0.15, 0.2) is 22.5 Å². The first kappa shape index (κ1) is 7.56. The highest BCUT2D eigenvalue weighted by atomic mass is 79.9. The lowest BCUT2D eigenvalue weighted by Crippen LogP contribution is -1.90. The summed E-state index contributed by atoms with van der Waals surface area (Å²) in [5.74, 6) is 0. The summed E-state index contributed by atoms with van der Waals surface area (Å²) >= 11 is 3.16. The zero-order valence-corrected chi connectivity index (χ0v) is 6.27. The Morgan fingerprint density at radius 3 is 2.25 bits per heavy atom. The lowest BCUT2D eigenvalue weighted by molar-refractivity contribution is 1.31. The van der Waals surface area contributed by atoms with Crippen LogP contribution in [-0.4, -0.2) is 0 Å². The molecule has 0 aromatic carbocycles. The van der Waals surface area contributed by atoms with Crippen LogP contribution in [0.3, 0.4) is 0 Å². The summed E-state index contributed by atoms with van der Waals surface area (Å²) in [6, 6.07) is 0. The van der Waals surface area contributed by atoms with Gasteiger partial charge in [-0.1, -0.05) is 0 Å². The van der Waals surface area contributed by atoms with Crippen molar-refractivity contribution in [1.82, 2.24) is 0 Å². The molecule has 0 aliphatic heterocycles. The summed E-state index contributed by atoms with van der Waals surface area (Å²) in [6.07, 6.45) is 3.18. The van der Waals surface area contributed by atoms with Gasteiger partial charge in [-0.2, -0.15) is 0 Å². The molecular formula is C5H9BrN2. The highest BCUT2D eigenvalue weighted by Gasteiger charge is 1.80. The molecule has 0 aliphatic rings. The predicted molar refractivity (Wildman–Crippen MR) is 39.1 cm³/mol. The van der Waals surface area contributed by atoms with Gasteiger partial charge in [-0.05, 0) is 28.9 Å². The van der Waals surface area contributed by atoms with Crippen molar-refractivity contribution >= 4 is 15.9 Å². The summed E-state index contributed by atoms with van der Waals surface area (Å²) in [5, 5.41) is 0. The normalized spacial score (nSPS) is 14.2. The van der Waals surface area contributed by atoms with Crippen LogP contribution in [0.1, 0.15) is 6.92 Å². The van der Waals surface area contributed by atoms with Gasteiger partial charge in [-0.3, -0.25) is 0 Å². The minimum absolute atomic E-state index is 0.735. The molecule has 0 bridgehead atoms. The second-order valence-corrected chi connectivity index (χ2v) is 2.36. The maximum atomic E-state index is 5.30. The molecule has 2 nitrogen and oxygen atoms in total. The molecule has 0 aromatic heterocycles. The van der Waals surface area contributed by atoms with Gasteiger partial charge in [0.25, 0.3) is 0 Å². The summed E-state index contributed by atoms with van der Waals surface area (Å²) in [7, 11) is 0. The monoisotopic (exact) mass is 176 g/mol. The van der Waals surface area contributed by atoms with Crippen LogP contribution in [0.4, 0.5) is 0 Å². The van der Waals surface area contributed by atoms with Gasteiger partial charge in [-0.15, -0.1) is 0 Å². The van der Waals surface area contributed by atoms with Crippen molar-refractivity contribution in [3.8, 4) is 0 Å². The van der Waals surface area contributed by atoms with Crippen LogP contribution in [-0.2, 0) is 0 Å². The molecule has 0 radical (unpaired) electrons. The first-order valence-electron chi connectivity index (χ1n) is 2.18. The second kappa shape index (κ2) is 3.55. The molecule has 0 fully saturated rings. The third-order valence-electron chi connectivity index (χ3n) is 0.525. The van der Waals surface area contributed by atoms with Gasteiger partial charge in [-0.25, -0.2) is 0 Å². The molecule has 0 aliphatic carbocycles. The minimum Gasteiger partial charge on any atom is -0.404 e. The molecular weight excluding hydrogens is 168 g/mol. The fourth-order valence-corrected chi connectivity index (χ4v) is 0.627. The van der Waals surface area contributed by atoms with Crippen LogP contribution in [0, 0.1) is 0 Å². The molecule has 0 heterocycles. The maximum absolute atomic E-state index is 5.30. The van der Waals surface area contributed by atoms with Crippen LogP contribution >= 0.6 is 15.9 Å². The third kappa shape index (κ3) is 3.74. The molecule has 8 heavy (non-hydrogen) atoms. The van der Waals surface area contributed by atoms with E-state index < -0.39 is 0 Å². The SMILES string of the molecule is C/C(N)=C/C(Br)=C\N. The molecule has 0 atom stereocenters. The number of rotatable bonds is 1. The van der Waals surface area contributed by atoms with Gasteiger partial charge < -0.3 is 11.5 Å². The van der Waals surface area contributed by atoms with Crippen molar-refractivity contribution in [2.45, 2.75) is 6.92 Å².